The fourth-order valence-corrected chi connectivity index (χ4v) is 1.99. The van der Waals surface area contributed by atoms with Crippen molar-refractivity contribution in [2.45, 2.75) is 32.7 Å². The predicted octanol–water partition coefficient (Wildman–Crippen LogP) is 0.570. The number of hydrazine groups is 1. The van der Waals surface area contributed by atoms with Gasteiger partial charge in [0, 0.05) is 19.1 Å². The van der Waals surface area contributed by atoms with Crippen LogP contribution < -0.4 is 11.2 Å². The van der Waals surface area contributed by atoms with E-state index >= 15 is 0 Å². The summed E-state index contributed by atoms with van der Waals surface area (Å²) < 4.78 is 0. The summed E-state index contributed by atoms with van der Waals surface area (Å²) in [7, 11) is 0. The Labute approximate surface area is 75.3 Å². The topological polar surface area (TPSA) is 41.3 Å². The van der Waals surface area contributed by atoms with E-state index in [2.05, 4.69) is 19.2 Å². The summed E-state index contributed by atoms with van der Waals surface area (Å²) in [6, 6.07) is 0.645. The molecule has 0 aromatic heterocycles. The number of hydrogen-bond acceptors (Lipinski definition) is 3. The molecule has 0 radical (unpaired) electrons. The van der Waals surface area contributed by atoms with Crippen LogP contribution in [0, 0.1) is 5.92 Å². The van der Waals surface area contributed by atoms with Gasteiger partial charge in [0.05, 0.1) is 0 Å². The molecule has 0 saturated carbocycles. The first-order valence-electron chi connectivity index (χ1n) is 4.95. The minimum atomic E-state index is 0.645. The minimum Gasteiger partial charge on any atom is -0.315 e. The summed E-state index contributed by atoms with van der Waals surface area (Å²) in [6.45, 7) is 7.63. The molecule has 1 heterocycles. The number of rotatable bonds is 4. The first-order valence-corrected chi connectivity index (χ1v) is 4.95. The van der Waals surface area contributed by atoms with Gasteiger partial charge < -0.3 is 5.32 Å². The van der Waals surface area contributed by atoms with Crippen molar-refractivity contribution in [3.8, 4) is 0 Å². The van der Waals surface area contributed by atoms with Gasteiger partial charge in [-0.25, -0.2) is 5.01 Å². The van der Waals surface area contributed by atoms with E-state index in [0.717, 1.165) is 25.6 Å². The summed E-state index contributed by atoms with van der Waals surface area (Å²) in [6.07, 6.45) is 2.54. The zero-order valence-electron chi connectivity index (χ0n) is 8.21. The van der Waals surface area contributed by atoms with E-state index < -0.39 is 0 Å². The van der Waals surface area contributed by atoms with E-state index in [0.29, 0.717) is 6.04 Å². The maximum atomic E-state index is 5.69. The second-order valence-corrected chi connectivity index (χ2v) is 3.84. The van der Waals surface area contributed by atoms with Crippen LogP contribution in [0.1, 0.15) is 26.7 Å². The SMILES string of the molecule is CCNC(C)CC1CCN(N)C1. The number of nitrogens with two attached hydrogens (primary N) is 1. The first-order chi connectivity index (χ1) is 5.72. The number of nitrogens with zero attached hydrogens (tertiary/aromatic N) is 1. The molecular formula is C9H21N3. The average Bonchev–Trinajstić information content (AvgIpc) is 2.36. The molecule has 2 atom stereocenters. The summed E-state index contributed by atoms with van der Waals surface area (Å²) in [4.78, 5) is 0. The summed E-state index contributed by atoms with van der Waals surface area (Å²) in [5.41, 5.74) is 0. The lowest BCUT2D eigenvalue weighted by Gasteiger charge is -2.16. The molecule has 1 fully saturated rings. The van der Waals surface area contributed by atoms with Crippen LogP contribution in [-0.2, 0) is 0 Å². The second kappa shape index (κ2) is 4.80. The van der Waals surface area contributed by atoms with Crippen LogP contribution in [0.5, 0.6) is 0 Å². The van der Waals surface area contributed by atoms with Gasteiger partial charge in [-0.05, 0) is 32.2 Å². The van der Waals surface area contributed by atoms with Crippen LogP contribution in [-0.4, -0.2) is 30.7 Å². The Bertz CT molecular complexity index is 127. The van der Waals surface area contributed by atoms with E-state index in [1.54, 1.807) is 0 Å². The van der Waals surface area contributed by atoms with Crippen molar-refractivity contribution in [2.24, 2.45) is 11.8 Å². The van der Waals surface area contributed by atoms with Crippen LogP contribution in [0.3, 0.4) is 0 Å². The highest BCUT2D eigenvalue weighted by Gasteiger charge is 2.21. The average molecular weight is 171 g/mol. The van der Waals surface area contributed by atoms with E-state index in [-0.39, 0.29) is 0 Å². The zero-order chi connectivity index (χ0) is 8.97. The summed E-state index contributed by atoms with van der Waals surface area (Å²) in [5.74, 6) is 6.50. The highest BCUT2D eigenvalue weighted by molar-refractivity contribution is 4.75. The van der Waals surface area contributed by atoms with E-state index in [1.165, 1.54) is 12.8 Å². The summed E-state index contributed by atoms with van der Waals surface area (Å²) >= 11 is 0. The maximum Gasteiger partial charge on any atom is 0.0158 e. The zero-order valence-corrected chi connectivity index (χ0v) is 8.21. The standard InChI is InChI=1S/C9H21N3/c1-3-11-8(2)6-9-4-5-12(10)7-9/h8-9,11H,3-7,10H2,1-2H3. The monoisotopic (exact) mass is 171 g/mol. The quantitative estimate of drug-likeness (QED) is 0.608. The molecule has 0 aliphatic carbocycles. The van der Waals surface area contributed by atoms with Crippen molar-refractivity contribution in [1.29, 1.82) is 0 Å². The first kappa shape index (κ1) is 9.96. The third-order valence-corrected chi connectivity index (χ3v) is 2.56. The van der Waals surface area contributed by atoms with Gasteiger partial charge in [0.25, 0.3) is 0 Å². The van der Waals surface area contributed by atoms with Crippen LogP contribution in [0.4, 0.5) is 0 Å². The smallest absolute Gasteiger partial charge is 0.0158 e. The van der Waals surface area contributed by atoms with Crippen molar-refractivity contribution < 1.29 is 0 Å². The Balaban J connectivity index is 2.14. The Morgan fingerprint density at radius 2 is 2.42 bits per heavy atom. The van der Waals surface area contributed by atoms with Gasteiger partial charge in [0.2, 0.25) is 0 Å². The fourth-order valence-electron chi connectivity index (χ4n) is 1.99. The van der Waals surface area contributed by atoms with Crippen molar-refractivity contribution in [1.82, 2.24) is 10.3 Å². The van der Waals surface area contributed by atoms with Crippen LogP contribution in [0.25, 0.3) is 0 Å². The van der Waals surface area contributed by atoms with Gasteiger partial charge in [-0.1, -0.05) is 6.92 Å². The molecule has 0 aromatic rings. The third kappa shape index (κ3) is 3.09. The largest absolute Gasteiger partial charge is 0.315 e. The molecule has 12 heavy (non-hydrogen) atoms. The molecule has 1 rings (SSSR count). The van der Waals surface area contributed by atoms with E-state index in [9.17, 15) is 0 Å². The highest BCUT2D eigenvalue weighted by atomic mass is 15.4. The van der Waals surface area contributed by atoms with Crippen LogP contribution >= 0.6 is 0 Å². The normalized spacial score (nSPS) is 27.8. The molecule has 1 saturated heterocycles. The fraction of sp³-hybridized carbons (Fsp3) is 1.00. The maximum absolute atomic E-state index is 5.69. The molecule has 3 heteroatoms. The molecule has 3 nitrogen and oxygen atoms in total. The van der Waals surface area contributed by atoms with Gasteiger partial charge in [0.1, 0.15) is 0 Å². The van der Waals surface area contributed by atoms with Crippen molar-refractivity contribution in [3.63, 3.8) is 0 Å². The molecule has 3 N–H and O–H groups in total. The minimum absolute atomic E-state index is 0.645. The third-order valence-electron chi connectivity index (χ3n) is 2.56. The Morgan fingerprint density at radius 1 is 1.67 bits per heavy atom. The lowest BCUT2D eigenvalue weighted by molar-refractivity contribution is 0.324. The Kier molecular flexibility index (Phi) is 3.98. The van der Waals surface area contributed by atoms with Gasteiger partial charge >= 0.3 is 0 Å². The Morgan fingerprint density at radius 3 is 2.92 bits per heavy atom. The van der Waals surface area contributed by atoms with Crippen LogP contribution in [0.2, 0.25) is 0 Å². The molecule has 1 aliphatic rings. The highest BCUT2D eigenvalue weighted by Crippen LogP contribution is 2.18. The van der Waals surface area contributed by atoms with Gasteiger partial charge in [-0.3, -0.25) is 5.84 Å². The van der Waals surface area contributed by atoms with Gasteiger partial charge in [0.15, 0.2) is 0 Å². The predicted molar refractivity (Wildman–Crippen MR) is 51.6 cm³/mol. The molecule has 0 aromatic carbocycles. The number of nitrogens with one attached hydrogen (secondary N) is 1. The van der Waals surface area contributed by atoms with E-state index in [4.69, 9.17) is 5.84 Å². The van der Waals surface area contributed by atoms with Gasteiger partial charge in [-0.2, -0.15) is 0 Å². The van der Waals surface area contributed by atoms with Crippen molar-refractivity contribution >= 4 is 0 Å². The van der Waals surface area contributed by atoms with Gasteiger partial charge in [-0.15, -0.1) is 0 Å². The molecule has 0 spiro atoms. The van der Waals surface area contributed by atoms with Crippen molar-refractivity contribution in [2.75, 3.05) is 19.6 Å². The molecule has 0 amide bonds. The molecule has 72 valence electrons. The molecule has 1 aliphatic heterocycles. The lowest BCUT2D eigenvalue weighted by Crippen LogP contribution is -2.31. The van der Waals surface area contributed by atoms with Crippen molar-refractivity contribution in [3.05, 3.63) is 0 Å². The molecule has 0 bridgehead atoms. The lowest BCUT2D eigenvalue weighted by atomic mass is 10.0. The Hall–Kier alpha value is -0.120. The van der Waals surface area contributed by atoms with E-state index in [1.807, 2.05) is 5.01 Å². The summed E-state index contributed by atoms with van der Waals surface area (Å²) in [5, 5.41) is 5.36. The second-order valence-electron chi connectivity index (χ2n) is 3.84. The van der Waals surface area contributed by atoms with Crippen LogP contribution in [0.15, 0.2) is 0 Å². The molecular weight excluding hydrogens is 150 g/mol. The molecule has 2 unspecified atom stereocenters. The number of hydrogen-bond donors (Lipinski definition) is 2.